The third-order valence-electron chi connectivity index (χ3n) is 3.04. The first-order valence-corrected chi connectivity index (χ1v) is 6.75. The van der Waals surface area contributed by atoms with Gasteiger partial charge in [-0.3, -0.25) is 4.90 Å². The quantitative estimate of drug-likeness (QED) is 0.715. The van der Waals surface area contributed by atoms with Gasteiger partial charge in [0.25, 0.3) is 0 Å². The van der Waals surface area contributed by atoms with Crippen LogP contribution < -0.4 is 0 Å². The van der Waals surface area contributed by atoms with Crippen LogP contribution in [0.25, 0.3) is 0 Å². The van der Waals surface area contributed by atoms with Gasteiger partial charge >= 0.3 is 0 Å². The van der Waals surface area contributed by atoms with Crippen LogP contribution in [-0.2, 0) is 0 Å². The topological polar surface area (TPSA) is 34.4 Å². The van der Waals surface area contributed by atoms with E-state index in [1.165, 1.54) is 19.3 Å². The van der Waals surface area contributed by atoms with Gasteiger partial charge in [0.15, 0.2) is 0 Å². The lowest BCUT2D eigenvalue weighted by atomic mass is 10.2. The average Bonchev–Trinajstić information content (AvgIpc) is 2.31. The highest BCUT2D eigenvalue weighted by Gasteiger charge is 2.23. The first-order chi connectivity index (χ1) is 8.47. The monoisotopic (exact) mass is 253 g/mol. The van der Waals surface area contributed by atoms with E-state index in [-0.39, 0.29) is 6.17 Å². The van der Waals surface area contributed by atoms with E-state index < -0.39 is 0 Å². The van der Waals surface area contributed by atoms with Crippen molar-refractivity contribution in [3.63, 3.8) is 0 Å². The van der Waals surface area contributed by atoms with Crippen LogP contribution >= 0.6 is 0 Å². The normalized spacial score (nSPS) is 19.4. The summed E-state index contributed by atoms with van der Waals surface area (Å²) in [6.45, 7) is 5.30. The number of hydrogen-bond donors (Lipinski definition) is 0. The number of guanidine groups is 2. The van der Waals surface area contributed by atoms with Crippen LogP contribution in [-0.4, -0.2) is 67.5 Å². The van der Waals surface area contributed by atoms with Crippen molar-refractivity contribution in [2.45, 2.75) is 39.3 Å². The minimum Gasteiger partial charge on any atom is -0.349 e. The van der Waals surface area contributed by atoms with Crippen molar-refractivity contribution in [2.75, 3.05) is 34.7 Å². The van der Waals surface area contributed by atoms with Crippen molar-refractivity contribution in [3.05, 3.63) is 0 Å². The molecule has 0 aromatic heterocycles. The van der Waals surface area contributed by atoms with Gasteiger partial charge in [0.2, 0.25) is 11.9 Å². The summed E-state index contributed by atoms with van der Waals surface area (Å²) in [4.78, 5) is 15.5. The van der Waals surface area contributed by atoms with E-state index in [1.54, 1.807) is 0 Å². The van der Waals surface area contributed by atoms with Gasteiger partial charge in [-0.15, -0.1) is 0 Å². The molecule has 1 heterocycles. The molecule has 104 valence electrons. The summed E-state index contributed by atoms with van der Waals surface area (Å²) >= 11 is 0. The van der Waals surface area contributed by atoms with Gasteiger partial charge in [0.05, 0.1) is 0 Å². The fraction of sp³-hybridized carbons (Fsp3) is 0.846. The Morgan fingerprint density at radius 2 is 1.72 bits per heavy atom. The second-order valence-corrected chi connectivity index (χ2v) is 5.07. The molecule has 0 aromatic rings. The number of hydrogen-bond acceptors (Lipinski definition) is 5. The van der Waals surface area contributed by atoms with Crippen molar-refractivity contribution in [1.29, 1.82) is 0 Å². The molecule has 0 fully saturated rings. The number of nitrogens with zero attached hydrogens (tertiary/aromatic N) is 5. The highest BCUT2D eigenvalue weighted by atomic mass is 15.5. The van der Waals surface area contributed by atoms with E-state index in [0.717, 1.165) is 18.5 Å². The molecular formula is C13H27N5. The van der Waals surface area contributed by atoms with Crippen LogP contribution in [0.3, 0.4) is 0 Å². The Morgan fingerprint density at radius 1 is 1.11 bits per heavy atom. The standard InChI is InChI=1S/C13H27N5/c1-7-8-9-10-17(5)13-15-11(2)14-12(16(3)4)18(13)6/h11H,7-10H2,1-6H3. The van der Waals surface area contributed by atoms with Crippen LogP contribution in [0.2, 0.25) is 0 Å². The summed E-state index contributed by atoms with van der Waals surface area (Å²) in [5.41, 5.74) is 0. The Labute approximate surface area is 111 Å². The van der Waals surface area contributed by atoms with Crippen LogP contribution in [0.15, 0.2) is 9.98 Å². The molecule has 0 aromatic carbocycles. The Bertz CT molecular complexity index is 321. The van der Waals surface area contributed by atoms with Crippen LogP contribution in [0.5, 0.6) is 0 Å². The molecule has 0 aliphatic carbocycles. The maximum Gasteiger partial charge on any atom is 0.205 e. The third kappa shape index (κ3) is 3.62. The van der Waals surface area contributed by atoms with Crippen LogP contribution in [0, 0.1) is 0 Å². The number of unbranched alkanes of at least 4 members (excludes halogenated alkanes) is 2. The molecular weight excluding hydrogens is 226 g/mol. The van der Waals surface area contributed by atoms with E-state index in [9.17, 15) is 0 Å². The predicted octanol–water partition coefficient (Wildman–Crippen LogP) is 1.67. The minimum atomic E-state index is 0.00206. The molecule has 1 atom stereocenters. The van der Waals surface area contributed by atoms with Gasteiger partial charge in [-0.2, -0.15) is 0 Å². The molecule has 1 rings (SSSR count). The minimum absolute atomic E-state index is 0.00206. The molecule has 1 aliphatic rings. The molecule has 5 nitrogen and oxygen atoms in total. The van der Waals surface area contributed by atoms with Crippen molar-refractivity contribution >= 4 is 11.9 Å². The van der Waals surface area contributed by atoms with Gasteiger partial charge in [0.1, 0.15) is 6.17 Å². The highest BCUT2D eigenvalue weighted by molar-refractivity contribution is 5.99. The lowest BCUT2D eigenvalue weighted by Gasteiger charge is -2.35. The molecule has 5 heteroatoms. The molecule has 0 amide bonds. The number of rotatable bonds is 4. The second-order valence-electron chi connectivity index (χ2n) is 5.07. The van der Waals surface area contributed by atoms with Gasteiger partial charge < -0.3 is 9.80 Å². The summed E-state index contributed by atoms with van der Waals surface area (Å²) in [6.07, 6.45) is 3.73. The molecule has 0 bridgehead atoms. The summed E-state index contributed by atoms with van der Waals surface area (Å²) in [6, 6.07) is 0. The molecule has 0 saturated carbocycles. The Balaban J connectivity index is 2.70. The highest BCUT2D eigenvalue weighted by Crippen LogP contribution is 2.10. The zero-order chi connectivity index (χ0) is 13.7. The predicted molar refractivity (Wildman–Crippen MR) is 77.9 cm³/mol. The second kappa shape index (κ2) is 6.61. The van der Waals surface area contributed by atoms with Crippen molar-refractivity contribution in [2.24, 2.45) is 9.98 Å². The Morgan fingerprint density at radius 3 is 2.28 bits per heavy atom. The fourth-order valence-electron chi connectivity index (χ4n) is 2.09. The lowest BCUT2D eigenvalue weighted by Crippen LogP contribution is -2.51. The molecule has 0 spiro atoms. The van der Waals surface area contributed by atoms with Crippen molar-refractivity contribution < 1.29 is 0 Å². The van der Waals surface area contributed by atoms with E-state index in [4.69, 9.17) is 0 Å². The fourth-order valence-corrected chi connectivity index (χ4v) is 2.09. The molecule has 1 aliphatic heterocycles. The van der Waals surface area contributed by atoms with Gasteiger partial charge in [-0.1, -0.05) is 19.8 Å². The van der Waals surface area contributed by atoms with Crippen molar-refractivity contribution in [3.8, 4) is 0 Å². The average molecular weight is 253 g/mol. The smallest absolute Gasteiger partial charge is 0.205 e. The molecule has 0 saturated heterocycles. The zero-order valence-corrected chi connectivity index (χ0v) is 12.6. The molecule has 0 N–H and O–H groups in total. The maximum atomic E-state index is 4.63. The van der Waals surface area contributed by atoms with Crippen LogP contribution in [0.1, 0.15) is 33.1 Å². The molecule has 1 unspecified atom stereocenters. The van der Waals surface area contributed by atoms with Gasteiger partial charge in [0, 0.05) is 34.7 Å². The van der Waals surface area contributed by atoms with E-state index >= 15 is 0 Å². The summed E-state index contributed by atoms with van der Waals surface area (Å²) in [7, 11) is 8.17. The zero-order valence-electron chi connectivity index (χ0n) is 12.6. The largest absolute Gasteiger partial charge is 0.349 e. The van der Waals surface area contributed by atoms with E-state index in [0.29, 0.717) is 0 Å². The lowest BCUT2D eigenvalue weighted by molar-refractivity contribution is 0.399. The van der Waals surface area contributed by atoms with Gasteiger partial charge in [-0.25, -0.2) is 9.98 Å². The third-order valence-corrected chi connectivity index (χ3v) is 3.04. The summed E-state index contributed by atoms with van der Waals surface area (Å²) in [5.74, 6) is 1.98. The van der Waals surface area contributed by atoms with E-state index in [1.807, 2.05) is 33.0 Å². The SMILES string of the molecule is CCCCCN(C)C1=NC(C)N=C(N(C)C)N1C. The van der Waals surface area contributed by atoms with Crippen LogP contribution in [0.4, 0.5) is 0 Å². The summed E-state index contributed by atoms with van der Waals surface area (Å²) in [5, 5.41) is 0. The van der Waals surface area contributed by atoms with E-state index in [2.05, 4.69) is 33.8 Å². The first-order valence-electron chi connectivity index (χ1n) is 6.75. The Hall–Kier alpha value is -1.26. The maximum absolute atomic E-state index is 4.63. The number of aliphatic imine (C=N–C) groups is 2. The summed E-state index contributed by atoms with van der Waals surface area (Å²) < 4.78 is 0. The van der Waals surface area contributed by atoms with Gasteiger partial charge in [-0.05, 0) is 13.3 Å². The van der Waals surface area contributed by atoms with Crippen molar-refractivity contribution in [1.82, 2.24) is 14.7 Å². The first kappa shape index (κ1) is 14.8. The molecule has 0 radical (unpaired) electrons. The Kier molecular flexibility index (Phi) is 5.44. The molecule has 18 heavy (non-hydrogen) atoms.